The predicted octanol–water partition coefficient (Wildman–Crippen LogP) is 3.11. The Bertz CT molecular complexity index is 778. The summed E-state index contributed by atoms with van der Waals surface area (Å²) in [6.07, 6.45) is -4.64. The first kappa shape index (κ1) is 19.5. The van der Waals surface area contributed by atoms with Crippen molar-refractivity contribution in [3.63, 3.8) is 0 Å². The van der Waals surface area contributed by atoms with E-state index >= 15 is 0 Å². The molecule has 0 aliphatic heterocycles. The second-order valence-corrected chi connectivity index (χ2v) is 5.25. The van der Waals surface area contributed by atoms with Crippen LogP contribution in [0.5, 0.6) is 5.88 Å². The van der Waals surface area contributed by atoms with E-state index in [1.807, 2.05) is 0 Å². The zero-order valence-electron chi connectivity index (χ0n) is 14.2. The minimum absolute atomic E-state index is 0.0821. The summed E-state index contributed by atoms with van der Waals surface area (Å²) in [5, 5.41) is 5.72. The molecule has 0 bridgehead atoms. The maximum atomic E-state index is 13.1. The quantitative estimate of drug-likeness (QED) is 0.482. The summed E-state index contributed by atoms with van der Waals surface area (Å²) in [6.45, 7) is 0.132. The fraction of sp³-hybridized carbons (Fsp3) is 0.294. The van der Waals surface area contributed by atoms with E-state index in [0.717, 1.165) is 12.1 Å². The van der Waals surface area contributed by atoms with Crippen molar-refractivity contribution in [1.29, 1.82) is 0 Å². The normalized spacial score (nSPS) is 12.0. The monoisotopic (exact) mass is 370 g/mol. The number of nitrogens with zero attached hydrogens (tertiary/aromatic N) is 2. The predicted molar refractivity (Wildman–Crippen MR) is 89.2 cm³/mol. The minimum Gasteiger partial charge on any atom is -0.481 e. The van der Waals surface area contributed by atoms with Gasteiger partial charge in [-0.15, -0.1) is 0 Å². The van der Waals surface area contributed by atoms with Crippen LogP contribution in [0.15, 0.2) is 41.4 Å². The molecule has 0 spiro atoms. The van der Waals surface area contributed by atoms with Crippen molar-refractivity contribution in [2.75, 3.05) is 14.2 Å². The fourth-order valence-electron chi connectivity index (χ4n) is 2.21. The molecule has 0 radical (unpaired) electrons. The van der Waals surface area contributed by atoms with E-state index < -0.39 is 17.6 Å². The molecule has 0 aliphatic carbocycles. The number of rotatable bonds is 5. The van der Waals surface area contributed by atoms with Crippen molar-refractivity contribution in [2.45, 2.75) is 19.3 Å². The molecule has 0 aliphatic rings. The van der Waals surface area contributed by atoms with E-state index in [1.165, 1.54) is 14.2 Å². The van der Waals surface area contributed by atoms with E-state index in [4.69, 9.17) is 4.74 Å². The number of methoxy groups -OCH3 is 1. The molecule has 0 saturated carbocycles. The summed E-state index contributed by atoms with van der Waals surface area (Å²) in [7, 11) is 2.99. The van der Waals surface area contributed by atoms with Crippen LogP contribution in [0.3, 0.4) is 0 Å². The smallest absolute Gasteiger partial charge is 0.416 e. The average Bonchev–Trinajstić information content (AvgIpc) is 2.62. The third kappa shape index (κ3) is 5.33. The standard InChI is InChI=1S/C17H18F4N4O/c1-22-16(24-10-13-4-3-5-15(25-13)26-2)23-9-11-6-7-12(18)8-14(11)17(19,20)21/h3-8H,9-10H2,1-2H3,(H2,22,23,24). The molecule has 2 rings (SSSR count). The molecule has 2 aromatic rings. The molecule has 1 aromatic heterocycles. The number of hydrogen-bond donors (Lipinski definition) is 2. The number of nitrogens with one attached hydrogen (secondary N) is 2. The lowest BCUT2D eigenvalue weighted by Crippen LogP contribution is -2.37. The van der Waals surface area contributed by atoms with E-state index in [9.17, 15) is 17.6 Å². The molecule has 0 fully saturated rings. The molecule has 1 aromatic carbocycles. The first-order valence-electron chi connectivity index (χ1n) is 7.63. The van der Waals surface area contributed by atoms with E-state index in [0.29, 0.717) is 24.2 Å². The van der Waals surface area contributed by atoms with Crippen LogP contribution in [-0.2, 0) is 19.3 Å². The Morgan fingerprint density at radius 1 is 1.15 bits per heavy atom. The summed E-state index contributed by atoms with van der Waals surface area (Å²) < 4.78 is 57.2. The van der Waals surface area contributed by atoms with Crippen LogP contribution in [0, 0.1) is 5.82 Å². The highest BCUT2D eigenvalue weighted by atomic mass is 19.4. The van der Waals surface area contributed by atoms with Crippen LogP contribution in [0.25, 0.3) is 0 Å². The Hall–Kier alpha value is -2.84. The molecule has 0 atom stereocenters. The van der Waals surface area contributed by atoms with Crippen molar-refractivity contribution in [3.05, 3.63) is 59.0 Å². The maximum Gasteiger partial charge on any atom is 0.416 e. The summed E-state index contributed by atoms with van der Waals surface area (Å²) in [6, 6.07) is 7.81. The molecular weight excluding hydrogens is 352 g/mol. The minimum atomic E-state index is -4.64. The van der Waals surface area contributed by atoms with Gasteiger partial charge in [0.2, 0.25) is 5.88 Å². The lowest BCUT2D eigenvalue weighted by molar-refractivity contribution is -0.138. The second-order valence-electron chi connectivity index (χ2n) is 5.25. The van der Waals surface area contributed by atoms with Crippen LogP contribution in [0.4, 0.5) is 17.6 Å². The van der Waals surface area contributed by atoms with Gasteiger partial charge in [-0.2, -0.15) is 13.2 Å². The maximum absolute atomic E-state index is 13.1. The SMILES string of the molecule is CN=C(NCc1cccc(OC)n1)NCc1ccc(F)cc1C(F)(F)F. The number of ether oxygens (including phenoxy) is 1. The van der Waals surface area contributed by atoms with Gasteiger partial charge in [0.25, 0.3) is 0 Å². The van der Waals surface area contributed by atoms with Gasteiger partial charge in [0.15, 0.2) is 5.96 Å². The number of halogens is 4. The zero-order valence-corrected chi connectivity index (χ0v) is 14.2. The van der Waals surface area contributed by atoms with Crippen LogP contribution in [-0.4, -0.2) is 25.1 Å². The molecule has 0 unspecified atom stereocenters. The molecule has 1 heterocycles. The lowest BCUT2D eigenvalue weighted by Gasteiger charge is -2.16. The number of pyridine rings is 1. The van der Waals surface area contributed by atoms with Crippen LogP contribution in [0.2, 0.25) is 0 Å². The average molecular weight is 370 g/mol. The van der Waals surface area contributed by atoms with E-state index in [2.05, 4.69) is 20.6 Å². The van der Waals surface area contributed by atoms with Gasteiger partial charge in [0.05, 0.1) is 24.9 Å². The van der Waals surface area contributed by atoms with Crippen LogP contribution in [0.1, 0.15) is 16.8 Å². The van der Waals surface area contributed by atoms with Crippen LogP contribution >= 0.6 is 0 Å². The van der Waals surface area contributed by atoms with Crippen molar-refractivity contribution < 1.29 is 22.3 Å². The summed E-state index contributed by atoms with van der Waals surface area (Å²) in [5.74, 6) is -0.201. The number of guanidine groups is 1. The molecule has 26 heavy (non-hydrogen) atoms. The summed E-state index contributed by atoms with van der Waals surface area (Å²) >= 11 is 0. The molecule has 9 heteroatoms. The van der Waals surface area contributed by atoms with Gasteiger partial charge < -0.3 is 15.4 Å². The van der Waals surface area contributed by atoms with Crippen molar-refractivity contribution in [2.24, 2.45) is 4.99 Å². The molecule has 0 saturated heterocycles. The van der Waals surface area contributed by atoms with Gasteiger partial charge in [-0.05, 0) is 23.8 Å². The van der Waals surface area contributed by atoms with Gasteiger partial charge in [0, 0.05) is 19.7 Å². The largest absolute Gasteiger partial charge is 0.481 e. The van der Waals surface area contributed by atoms with E-state index in [-0.39, 0.29) is 18.1 Å². The molecular formula is C17H18F4N4O. The Morgan fingerprint density at radius 3 is 2.54 bits per heavy atom. The van der Waals surface area contributed by atoms with Gasteiger partial charge >= 0.3 is 6.18 Å². The highest BCUT2D eigenvalue weighted by molar-refractivity contribution is 5.79. The summed E-state index contributed by atoms with van der Waals surface area (Å²) in [5.41, 5.74) is -0.429. The number of hydrogen-bond acceptors (Lipinski definition) is 3. The molecule has 0 amide bonds. The van der Waals surface area contributed by atoms with Crippen LogP contribution < -0.4 is 15.4 Å². The zero-order chi connectivity index (χ0) is 19.2. The van der Waals surface area contributed by atoms with Gasteiger partial charge in [-0.3, -0.25) is 4.99 Å². The fourth-order valence-corrected chi connectivity index (χ4v) is 2.21. The first-order valence-corrected chi connectivity index (χ1v) is 7.63. The first-order chi connectivity index (χ1) is 12.3. The van der Waals surface area contributed by atoms with Gasteiger partial charge in [-0.1, -0.05) is 12.1 Å². The highest BCUT2D eigenvalue weighted by Crippen LogP contribution is 2.32. The Balaban J connectivity index is 2.01. The van der Waals surface area contributed by atoms with Crippen molar-refractivity contribution >= 4 is 5.96 Å². The Kier molecular flexibility index (Phi) is 6.37. The topological polar surface area (TPSA) is 58.5 Å². The summed E-state index contributed by atoms with van der Waals surface area (Å²) in [4.78, 5) is 8.16. The molecule has 140 valence electrons. The molecule has 5 nitrogen and oxygen atoms in total. The second kappa shape index (κ2) is 8.50. The third-order valence-electron chi connectivity index (χ3n) is 3.47. The van der Waals surface area contributed by atoms with Gasteiger partial charge in [-0.25, -0.2) is 9.37 Å². The Labute approximate surface area is 148 Å². The van der Waals surface area contributed by atoms with E-state index in [1.54, 1.807) is 18.2 Å². The Morgan fingerprint density at radius 2 is 1.88 bits per heavy atom. The van der Waals surface area contributed by atoms with Gasteiger partial charge in [0.1, 0.15) is 5.82 Å². The third-order valence-corrected chi connectivity index (χ3v) is 3.47. The highest BCUT2D eigenvalue weighted by Gasteiger charge is 2.33. The number of alkyl halides is 3. The lowest BCUT2D eigenvalue weighted by atomic mass is 10.1. The number of aromatic nitrogens is 1. The molecule has 2 N–H and O–H groups in total. The van der Waals surface area contributed by atoms with Crippen molar-refractivity contribution in [1.82, 2.24) is 15.6 Å². The number of benzene rings is 1. The van der Waals surface area contributed by atoms with Crippen molar-refractivity contribution in [3.8, 4) is 5.88 Å². The number of aliphatic imine (C=N–C) groups is 1.